The molecule has 0 unspecified atom stereocenters. The van der Waals surface area contributed by atoms with Crippen LogP contribution in [0.2, 0.25) is 0 Å². The van der Waals surface area contributed by atoms with Gasteiger partial charge in [0, 0.05) is 39.4 Å². The Morgan fingerprint density at radius 2 is 2.08 bits per heavy atom. The summed E-state index contributed by atoms with van der Waals surface area (Å²) in [5.41, 5.74) is 3.69. The van der Waals surface area contributed by atoms with Crippen molar-refractivity contribution in [2.24, 2.45) is 7.05 Å². The second-order valence-corrected chi connectivity index (χ2v) is 6.81. The molecule has 1 aliphatic rings. The lowest BCUT2D eigenvalue weighted by atomic mass is 10.1. The number of fused-ring (bicyclic) bond motifs is 1. The van der Waals surface area contributed by atoms with Crippen molar-refractivity contribution < 1.29 is 0 Å². The van der Waals surface area contributed by atoms with E-state index in [0.717, 1.165) is 51.4 Å². The van der Waals surface area contributed by atoms with Crippen molar-refractivity contribution >= 4 is 0 Å². The Balaban J connectivity index is 1.69. The minimum absolute atomic E-state index is 0.457. The summed E-state index contributed by atoms with van der Waals surface area (Å²) < 4.78 is 4.25. The van der Waals surface area contributed by atoms with Crippen LogP contribution in [0.3, 0.4) is 0 Å². The first-order valence-electron chi connectivity index (χ1n) is 9.07. The van der Waals surface area contributed by atoms with Crippen molar-refractivity contribution in [3.05, 3.63) is 35.4 Å². The van der Waals surface area contributed by atoms with E-state index < -0.39 is 0 Å². The highest BCUT2D eigenvalue weighted by Gasteiger charge is 2.26. The van der Waals surface area contributed by atoms with Crippen molar-refractivity contribution in [3.63, 3.8) is 0 Å². The van der Waals surface area contributed by atoms with Gasteiger partial charge in [-0.25, -0.2) is 0 Å². The van der Waals surface area contributed by atoms with E-state index in [1.165, 1.54) is 11.4 Å². The zero-order chi connectivity index (χ0) is 17.1. The van der Waals surface area contributed by atoms with E-state index in [1.807, 2.05) is 17.9 Å². The molecule has 0 radical (unpaired) electrons. The first kappa shape index (κ1) is 17.2. The van der Waals surface area contributed by atoms with Crippen LogP contribution in [0.1, 0.15) is 43.4 Å². The molecule has 0 saturated carbocycles. The number of hydrogen-bond acceptors (Lipinski definition) is 4. The molecule has 6 nitrogen and oxygen atoms in total. The van der Waals surface area contributed by atoms with Gasteiger partial charge in [-0.1, -0.05) is 13.8 Å². The van der Waals surface area contributed by atoms with Gasteiger partial charge in [-0.3, -0.25) is 14.3 Å². The third kappa shape index (κ3) is 3.70. The molecular formula is C18H30N6. The molecule has 0 N–H and O–H groups in total. The third-order valence-electron chi connectivity index (χ3n) is 5.11. The molecular weight excluding hydrogens is 300 g/mol. The lowest BCUT2D eigenvalue weighted by Crippen LogP contribution is -2.39. The molecule has 2 aromatic rings. The van der Waals surface area contributed by atoms with Gasteiger partial charge in [-0.05, 0) is 38.6 Å². The SMILES string of the molecule is CCN(CC)CC[C@H]1CN(Cc2cc(C)nn2C)Cc2ccnn21. The number of aryl methyl sites for hydroxylation is 2. The van der Waals surface area contributed by atoms with Crippen LogP contribution in [0.4, 0.5) is 0 Å². The number of hydrogen-bond donors (Lipinski definition) is 0. The maximum absolute atomic E-state index is 4.58. The average molecular weight is 330 g/mol. The van der Waals surface area contributed by atoms with E-state index in [-0.39, 0.29) is 0 Å². The summed E-state index contributed by atoms with van der Waals surface area (Å²) in [5.74, 6) is 0. The highest BCUT2D eigenvalue weighted by molar-refractivity contribution is 5.10. The second-order valence-electron chi connectivity index (χ2n) is 6.81. The molecule has 0 bridgehead atoms. The molecule has 0 saturated heterocycles. The first-order valence-corrected chi connectivity index (χ1v) is 9.07. The maximum Gasteiger partial charge on any atom is 0.0662 e. The molecule has 0 fully saturated rings. The van der Waals surface area contributed by atoms with E-state index >= 15 is 0 Å². The van der Waals surface area contributed by atoms with E-state index in [9.17, 15) is 0 Å². The van der Waals surface area contributed by atoms with E-state index in [1.54, 1.807) is 0 Å². The first-order chi connectivity index (χ1) is 11.6. The Kier molecular flexibility index (Phi) is 5.36. The quantitative estimate of drug-likeness (QED) is 0.781. The van der Waals surface area contributed by atoms with Gasteiger partial charge in [-0.2, -0.15) is 10.2 Å². The van der Waals surface area contributed by atoms with Crippen LogP contribution in [0, 0.1) is 6.92 Å². The third-order valence-corrected chi connectivity index (χ3v) is 5.11. The molecule has 0 amide bonds. The Hall–Kier alpha value is -1.66. The topological polar surface area (TPSA) is 42.1 Å². The summed E-state index contributed by atoms with van der Waals surface area (Å²) in [6.45, 7) is 12.9. The highest BCUT2D eigenvalue weighted by atomic mass is 15.4. The fraction of sp³-hybridized carbons (Fsp3) is 0.667. The van der Waals surface area contributed by atoms with Gasteiger partial charge in [0.25, 0.3) is 0 Å². The predicted molar refractivity (Wildman–Crippen MR) is 95.7 cm³/mol. The molecule has 132 valence electrons. The Labute approximate surface area is 145 Å². The molecule has 3 heterocycles. The monoisotopic (exact) mass is 330 g/mol. The summed E-state index contributed by atoms with van der Waals surface area (Å²) in [5, 5.41) is 9.06. The summed E-state index contributed by atoms with van der Waals surface area (Å²) in [6, 6.07) is 4.81. The van der Waals surface area contributed by atoms with Crippen LogP contribution in [0.5, 0.6) is 0 Å². The molecule has 1 aliphatic heterocycles. The summed E-state index contributed by atoms with van der Waals surface area (Å²) >= 11 is 0. The van der Waals surface area contributed by atoms with E-state index in [0.29, 0.717) is 6.04 Å². The van der Waals surface area contributed by atoms with Crippen molar-refractivity contribution in [1.29, 1.82) is 0 Å². The van der Waals surface area contributed by atoms with Crippen molar-refractivity contribution in [2.75, 3.05) is 26.2 Å². The summed E-state index contributed by atoms with van der Waals surface area (Å²) in [6.07, 6.45) is 3.09. The van der Waals surface area contributed by atoms with E-state index in [4.69, 9.17) is 0 Å². The molecule has 0 aliphatic carbocycles. The van der Waals surface area contributed by atoms with Crippen molar-refractivity contribution in [1.82, 2.24) is 29.4 Å². The van der Waals surface area contributed by atoms with Gasteiger partial charge in [0.2, 0.25) is 0 Å². The van der Waals surface area contributed by atoms with Crippen LogP contribution in [0.15, 0.2) is 18.3 Å². The van der Waals surface area contributed by atoms with Crippen molar-refractivity contribution in [3.8, 4) is 0 Å². The molecule has 0 spiro atoms. The normalized spacial score (nSPS) is 18.3. The summed E-state index contributed by atoms with van der Waals surface area (Å²) in [4.78, 5) is 5.02. The number of aromatic nitrogens is 4. The van der Waals surface area contributed by atoms with Gasteiger partial charge < -0.3 is 4.90 Å². The molecule has 24 heavy (non-hydrogen) atoms. The molecule has 6 heteroatoms. The van der Waals surface area contributed by atoms with Crippen LogP contribution in [0.25, 0.3) is 0 Å². The predicted octanol–water partition coefficient (Wildman–Crippen LogP) is 2.21. The summed E-state index contributed by atoms with van der Waals surface area (Å²) in [7, 11) is 2.04. The Morgan fingerprint density at radius 3 is 2.75 bits per heavy atom. The zero-order valence-corrected chi connectivity index (χ0v) is 15.4. The highest BCUT2D eigenvalue weighted by Crippen LogP contribution is 2.24. The molecule has 3 rings (SSSR count). The van der Waals surface area contributed by atoms with Crippen LogP contribution in [-0.2, 0) is 20.1 Å². The smallest absolute Gasteiger partial charge is 0.0662 e. The molecule has 0 aromatic carbocycles. The Morgan fingerprint density at radius 1 is 1.29 bits per heavy atom. The molecule has 1 atom stereocenters. The van der Waals surface area contributed by atoms with Crippen LogP contribution < -0.4 is 0 Å². The van der Waals surface area contributed by atoms with Gasteiger partial charge >= 0.3 is 0 Å². The largest absolute Gasteiger partial charge is 0.304 e. The average Bonchev–Trinajstić information content (AvgIpc) is 3.14. The fourth-order valence-corrected chi connectivity index (χ4v) is 3.71. The lowest BCUT2D eigenvalue weighted by Gasteiger charge is -2.34. The van der Waals surface area contributed by atoms with Gasteiger partial charge in [0.15, 0.2) is 0 Å². The van der Waals surface area contributed by atoms with Crippen LogP contribution in [-0.4, -0.2) is 55.5 Å². The van der Waals surface area contributed by atoms with E-state index in [2.05, 4.69) is 57.6 Å². The molecule has 2 aromatic heterocycles. The van der Waals surface area contributed by atoms with Gasteiger partial charge in [0.05, 0.1) is 23.1 Å². The van der Waals surface area contributed by atoms with Crippen molar-refractivity contribution in [2.45, 2.75) is 46.3 Å². The maximum atomic E-state index is 4.58. The van der Waals surface area contributed by atoms with Crippen LogP contribution >= 0.6 is 0 Å². The van der Waals surface area contributed by atoms with Gasteiger partial charge in [-0.15, -0.1) is 0 Å². The lowest BCUT2D eigenvalue weighted by molar-refractivity contribution is 0.147. The number of nitrogens with zero attached hydrogens (tertiary/aromatic N) is 6. The standard InChI is InChI=1S/C18H30N6/c1-5-22(6-2)10-8-17-13-23(12-16-7-9-19-24(16)17)14-18-11-15(3)20-21(18)4/h7,9,11,17H,5-6,8,10,12-14H2,1-4H3/t17-/m0/s1. The number of rotatable bonds is 7. The zero-order valence-electron chi connectivity index (χ0n) is 15.4. The Bertz CT molecular complexity index is 654. The second kappa shape index (κ2) is 7.49. The fourth-order valence-electron chi connectivity index (χ4n) is 3.71. The minimum atomic E-state index is 0.457. The minimum Gasteiger partial charge on any atom is -0.304 e. The van der Waals surface area contributed by atoms with Gasteiger partial charge in [0.1, 0.15) is 0 Å².